The zero-order chi connectivity index (χ0) is 12.8. The number of nitrogens with one attached hydrogen (secondary N) is 1. The third-order valence-corrected chi connectivity index (χ3v) is 3.35. The van der Waals surface area contributed by atoms with Crippen LogP contribution in [0.3, 0.4) is 0 Å². The van der Waals surface area contributed by atoms with Crippen molar-refractivity contribution in [2.45, 2.75) is 39.3 Å². The SMILES string of the molecule is CCCNC(c1ccc(C)cc1)C(C)N(C)C. The van der Waals surface area contributed by atoms with Gasteiger partial charge in [0.25, 0.3) is 0 Å². The van der Waals surface area contributed by atoms with Crippen LogP contribution in [0.15, 0.2) is 24.3 Å². The average Bonchev–Trinajstić information content (AvgIpc) is 2.31. The van der Waals surface area contributed by atoms with Gasteiger partial charge in [-0.15, -0.1) is 0 Å². The second-order valence-electron chi connectivity index (χ2n) is 5.05. The van der Waals surface area contributed by atoms with E-state index in [9.17, 15) is 0 Å². The first-order valence-corrected chi connectivity index (χ1v) is 6.52. The fourth-order valence-electron chi connectivity index (χ4n) is 1.94. The molecule has 0 amide bonds. The number of likely N-dealkylation sites (N-methyl/N-ethyl adjacent to an activating group) is 1. The number of benzene rings is 1. The monoisotopic (exact) mass is 234 g/mol. The molecule has 0 heterocycles. The van der Waals surface area contributed by atoms with Gasteiger partial charge in [-0.05, 0) is 46.5 Å². The van der Waals surface area contributed by atoms with Crippen LogP contribution >= 0.6 is 0 Å². The molecule has 1 aromatic rings. The minimum absolute atomic E-state index is 0.408. The van der Waals surface area contributed by atoms with Crippen LogP contribution in [0.2, 0.25) is 0 Å². The fourth-order valence-corrected chi connectivity index (χ4v) is 1.94. The highest BCUT2D eigenvalue weighted by atomic mass is 15.1. The van der Waals surface area contributed by atoms with E-state index in [1.165, 1.54) is 17.5 Å². The van der Waals surface area contributed by atoms with Crippen LogP contribution in [0.25, 0.3) is 0 Å². The molecule has 0 saturated carbocycles. The predicted molar refractivity (Wildman–Crippen MR) is 75.4 cm³/mol. The van der Waals surface area contributed by atoms with E-state index in [-0.39, 0.29) is 0 Å². The Kier molecular flexibility index (Phi) is 5.66. The summed E-state index contributed by atoms with van der Waals surface area (Å²) in [6.07, 6.45) is 1.17. The molecule has 0 aromatic heterocycles. The molecule has 0 aliphatic carbocycles. The Balaban J connectivity index is 2.85. The molecule has 1 aromatic carbocycles. The Morgan fingerprint density at radius 1 is 1.18 bits per heavy atom. The number of aryl methyl sites for hydroxylation is 1. The molecule has 0 bridgehead atoms. The van der Waals surface area contributed by atoms with Gasteiger partial charge >= 0.3 is 0 Å². The maximum atomic E-state index is 3.64. The lowest BCUT2D eigenvalue weighted by Crippen LogP contribution is -2.39. The molecular weight excluding hydrogens is 208 g/mol. The first kappa shape index (κ1) is 14.2. The highest BCUT2D eigenvalue weighted by Crippen LogP contribution is 2.20. The highest BCUT2D eigenvalue weighted by molar-refractivity contribution is 5.25. The largest absolute Gasteiger partial charge is 0.309 e. The van der Waals surface area contributed by atoms with Gasteiger partial charge in [-0.1, -0.05) is 36.8 Å². The average molecular weight is 234 g/mol. The predicted octanol–water partition coefficient (Wildman–Crippen LogP) is 2.99. The van der Waals surface area contributed by atoms with E-state index < -0.39 is 0 Å². The van der Waals surface area contributed by atoms with Crippen molar-refractivity contribution >= 4 is 0 Å². The van der Waals surface area contributed by atoms with Crippen LogP contribution in [0.4, 0.5) is 0 Å². The maximum Gasteiger partial charge on any atom is 0.0475 e. The van der Waals surface area contributed by atoms with Gasteiger partial charge in [0, 0.05) is 12.1 Å². The van der Waals surface area contributed by atoms with Crippen LogP contribution < -0.4 is 5.32 Å². The van der Waals surface area contributed by atoms with Crippen molar-refractivity contribution in [2.75, 3.05) is 20.6 Å². The van der Waals surface area contributed by atoms with Crippen LogP contribution in [-0.4, -0.2) is 31.6 Å². The molecule has 0 fully saturated rings. The minimum Gasteiger partial charge on any atom is -0.309 e. The lowest BCUT2D eigenvalue weighted by molar-refractivity contribution is 0.247. The van der Waals surface area contributed by atoms with Gasteiger partial charge in [-0.2, -0.15) is 0 Å². The van der Waals surface area contributed by atoms with Crippen molar-refractivity contribution in [3.63, 3.8) is 0 Å². The van der Waals surface area contributed by atoms with E-state index in [0.717, 1.165) is 6.54 Å². The minimum atomic E-state index is 0.408. The van der Waals surface area contributed by atoms with Crippen LogP contribution in [-0.2, 0) is 0 Å². The normalized spacial score (nSPS) is 14.9. The van der Waals surface area contributed by atoms with Gasteiger partial charge in [0.2, 0.25) is 0 Å². The van der Waals surface area contributed by atoms with E-state index in [0.29, 0.717) is 12.1 Å². The second kappa shape index (κ2) is 6.77. The van der Waals surface area contributed by atoms with E-state index in [4.69, 9.17) is 0 Å². The Bertz CT molecular complexity index is 316. The Morgan fingerprint density at radius 3 is 2.24 bits per heavy atom. The van der Waals surface area contributed by atoms with Crippen molar-refractivity contribution in [3.05, 3.63) is 35.4 Å². The lowest BCUT2D eigenvalue weighted by atomic mass is 9.98. The Hall–Kier alpha value is -0.860. The molecule has 0 radical (unpaired) electrons. The molecular formula is C15H26N2. The van der Waals surface area contributed by atoms with E-state index in [1.54, 1.807) is 0 Å². The first-order valence-electron chi connectivity index (χ1n) is 6.52. The summed E-state index contributed by atoms with van der Waals surface area (Å²) >= 11 is 0. The number of hydrogen-bond donors (Lipinski definition) is 1. The molecule has 0 aliphatic rings. The van der Waals surface area contributed by atoms with Crippen molar-refractivity contribution in [1.29, 1.82) is 0 Å². The summed E-state index contributed by atoms with van der Waals surface area (Å²) in [6, 6.07) is 9.76. The molecule has 96 valence electrons. The lowest BCUT2D eigenvalue weighted by Gasteiger charge is -2.30. The highest BCUT2D eigenvalue weighted by Gasteiger charge is 2.19. The fraction of sp³-hybridized carbons (Fsp3) is 0.600. The summed E-state index contributed by atoms with van der Waals surface area (Å²) in [5, 5.41) is 3.64. The molecule has 0 aliphatic heterocycles. The van der Waals surface area contributed by atoms with Gasteiger partial charge in [0.1, 0.15) is 0 Å². The van der Waals surface area contributed by atoms with E-state index in [1.807, 2.05) is 0 Å². The molecule has 2 unspecified atom stereocenters. The topological polar surface area (TPSA) is 15.3 Å². The van der Waals surface area contributed by atoms with Gasteiger partial charge in [0.05, 0.1) is 0 Å². The molecule has 2 heteroatoms. The van der Waals surface area contributed by atoms with Gasteiger partial charge < -0.3 is 10.2 Å². The summed E-state index contributed by atoms with van der Waals surface area (Å²) in [4.78, 5) is 2.27. The quantitative estimate of drug-likeness (QED) is 0.814. The van der Waals surface area contributed by atoms with Gasteiger partial charge in [-0.3, -0.25) is 0 Å². The Morgan fingerprint density at radius 2 is 1.76 bits per heavy atom. The van der Waals surface area contributed by atoms with Crippen molar-refractivity contribution < 1.29 is 0 Å². The van der Waals surface area contributed by atoms with Crippen LogP contribution in [0.1, 0.15) is 37.4 Å². The van der Waals surface area contributed by atoms with Gasteiger partial charge in [0.15, 0.2) is 0 Å². The molecule has 1 N–H and O–H groups in total. The van der Waals surface area contributed by atoms with Crippen LogP contribution in [0, 0.1) is 6.92 Å². The summed E-state index contributed by atoms with van der Waals surface area (Å²) in [5.74, 6) is 0. The molecule has 0 spiro atoms. The number of rotatable bonds is 6. The third-order valence-electron chi connectivity index (χ3n) is 3.35. The number of nitrogens with zero attached hydrogens (tertiary/aromatic N) is 1. The summed E-state index contributed by atoms with van der Waals surface area (Å²) in [7, 11) is 4.28. The first-order chi connectivity index (χ1) is 8.06. The molecule has 17 heavy (non-hydrogen) atoms. The van der Waals surface area contributed by atoms with Gasteiger partial charge in [-0.25, -0.2) is 0 Å². The smallest absolute Gasteiger partial charge is 0.0475 e. The Labute approximate surface area is 106 Å². The zero-order valence-electron chi connectivity index (χ0n) is 11.8. The molecule has 2 nitrogen and oxygen atoms in total. The summed E-state index contributed by atoms with van der Waals surface area (Å²) < 4.78 is 0. The number of hydrogen-bond acceptors (Lipinski definition) is 2. The standard InChI is InChI=1S/C15H26N2/c1-6-11-16-15(13(3)17(4)5)14-9-7-12(2)8-10-14/h7-10,13,15-16H,6,11H2,1-5H3. The molecule has 1 rings (SSSR count). The maximum absolute atomic E-state index is 3.64. The molecule has 0 saturated heterocycles. The molecule has 2 atom stereocenters. The summed E-state index contributed by atoms with van der Waals surface area (Å²) in [6.45, 7) is 7.68. The van der Waals surface area contributed by atoms with E-state index in [2.05, 4.69) is 69.3 Å². The van der Waals surface area contributed by atoms with Crippen molar-refractivity contribution in [1.82, 2.24) is 10.2 Å². The van der Waals surface area contributed by atoms with E-state index >= 15 is 0 Å². The second-order valence-corrected chi connectivity index (χ2v) is 5.05. The van der Waals surface area contributed by atoms with Crippen molar-refractivity contribution in [2.24, 2.45) is 0 Å². The third kappa shape index (κ3) is 4.14. The zero-order valence-corrected chi connectivity index (χ0v) is 11.8. The van der Waals surface area contributed by atoms with Crippen LogP contribution in [0.5, 0.6) is 0 Å². The summed E-state index contributed by atoms with van der Waals surface area (Å²) in [5.41, 5.74) is 2.70. The van der Waals surface area contributed by atoms with Crippen molar-refractivity contribution in [3.8, 4) is 0 Å².